The molecule has 1 aromatic rings. The molecule has 2 N–H and O–H groups in total. The van der Waals surface area contributed by atoms with Gasteiger partial charge in [-0.05, 0) is 25.5 Å². The molecule has 0 unspecified atom stereocenters. The first kappa shape index (κ1) is 12.0. The highest BCUT2D eigenvalue weighted by molar-refractivity contribution is 5.43. The monoisotopic (exact) mass is 207 g/mol. The molecule has 0 fully saturated rings. The third-order valence-electron chi connectivity index (χ3n) is 2.18. The summed E-state index contributed by atoms with van der Waals surface area (Å²) in [5.41, 5.74) is 1.25. The van der Waals surface area contributed by atoms with Crippen molar-refractivity contribution in [3.05, 3.63) is 23.9 Å². The van der Waals surface area contributed by atoms with Gasteiger partial charge in [-0.3, -0.25) is 0 Å². The van der Waals surface area contributed by atoms with Crippen molar-refractivity contribution in [1.82, 2.24) is 10.3 Å². The van der Waals surface area contributed by atoms with Crippen LogP contribution in [0.5, 0.6) is 0 Å². The molecule has 1 aromatic heterocycles. The standard InChI is InChI=1S/C12H21N3/c1-3-7-13-10-11-6-5-9-15-12(11)14-8-4-2/h5-6,9,13H,3-4,7-8,10H2,1-2H3,(H,14,15). The molecule has 0 atom stereocenters. The molecule has 0 bridgehead atoms. The van der Waals surface area contributed by atoms with Crippen LogP contribution in [0.3, 0.4) is 0 Å². The Morgan fingerprint density at radius 2 is 2.00 bits per heavy atom. The van der Waals surface area contributed by atoms with E-state index in [1.807, 2.05) is 12.3 Å². The Kier molecular flexibility index (Phi) is 5.78. The molecule has 0 aliphatic heterocycles. The summed E-state index contributed by atoms with van der Waals surface area (Å²) in [6.45, 7) is 7.27. The molecule has 0 aliphatic rings. The summed E-state index contributed by atoms with van der Waals surface area (Å²) in [5, 5.41) is 6.73. The highest BCUT2D eigenvalue weighted by Crippen LogP contribution is 2.10. The van der Waals surface area contributed by atoms with E-state index in [9.17, 15) is 0 Å². The molecule has 0 radical (unpaired) electrons. The number of aromatic nitrogens is 1. The molecule has 15 heavy (non-hydrogen) atoms. The predicted molar refractivity (Wildman–Crippen MR) is 65.0 cm³/mol. The lowest BCUT2D eigenvalue weighted by atomic mass is 10.2. The summed E-state index contributed by atoms with van der Waals surface area (Å²) >= 11 is 0. The van der Waals surface area contributed by atoms with E-state index in [0.717, 1.165) is 38.3 Å². The fourth-order valence-corrected chi connectivity index (χ4v) is 1.38. The molecule has 1 heterocycles. The predicted octanol–water partition coefficient (Wildman–Crippen LogP) is 2.40. The number of nitrogens with zero attached hydrogens (tertiary/aromatic N) is 1. The smallest absolute Gasteiger partial charge is 0.130 e. The van der Waals surface area contributed by atoms with E-state index in [1.54, 1.807) is 0 Å². The van der Waals surface area contributed by atoms with E-state index in [2.05, 4.69) is 35.5 Å². The lowest BCUT2D eigenvalue weighted by Crippen LogP contribution is -2.16. The summed E-state index contributed by atoms with van der Waals surface area (Å²) < 4.78 is 0. The first-order valence-electron chi connectivity index (χ1n) is 5.77. The molecule has 0 amide bonds. The van der Waals surface area contributed by atoms with Crippen molar-refractivity contribution in [2.45, 2.75) is 33.2 Å². The largest absolute Gasteiger partial charge is 0.370 e. The third kappa shape index (κ3) is 4.30. The Balaban J connectivity index is 2.52. The van der Waals surface area contributed by atoms with Crippen LogP contribution in [0.1, 0.15) is 32.3 Å². The second-order valence-electron chi connectivity index (χ2n) is 3.61. The Hall–Kier alpha value is -1.09. The van der Waals surface area contributed by atoms with Gasteiger partial charge in [0.05, 0.1) is 0 Å². The molecule has 3 nitrogen and oxygen atoms in total. The topological polar surface area (TPSA) is 37.0 Å². The SMILES string of the molecule is CCCNCc1cccnc1NCCC. The Morgan fingerprint density at radius 1 is 1.20 bits per heavy atom. The van der Waals surface area contributed by atoms with Crippen LogP contribution >= 0.6 is 0 Å². The normalized spacial score (nSPS) is 10.3. The highest BCUT2D eigenvalue weighted by Gasteiger charge is 2.00. The number of hydrogen-bond donors (Lipinski definition) is 2. The van der Waals surface area contributed by atoms with Crippen LogP contribution in [0, 0.1) is 0 Å². The minimum atomic E-state index is 0.897. The maximum atomic E-state index is 4.34. The van der Waals surface area contributed by atoms with Gasteiger partial charge in [-0.1, -0.05) is 19.9 Å². The zero-order valence-corrected chi connectivity index (χ0v) is 9.71. The molecule has 0 aromatic carbocycles. The van der Waals surface area contributed by atoms with Crippen molar-refractivity contribution >= 4 is 5.82 Å². The van der Waals surface area contributed by atoms with Crippen molar-refractivity contribution in [3.8, 4) is 0 Å². The Bertz CT molecular complexity index is 273. The van der Waals surface area contributed by atoms with Crippen molar-refractivity contribution in [2.24, 2.45) is 0 Å². The summed E-state index contributed by atoms with van der Waals surface area (Å²) in [6.07, 6.45) is 4.12. The minimum absolute atomic E-state index is 0.897. The molecule has 0 spiro atoms. The van der Waals surface area contributed by atoms with Gasteiger partial charge in [0.2, 0.25) is 0 Å². The molecule has 0 aliphatic carbocycles. The van der Waals surface area contributed by atoms with E-state index >= 15 is 0 Å². The average Bonchev–Trinajstić information content (AvgIpc) is 2.28. The van der Waals surface area contributed by atoms with Crippen LogP contribution in [0.4, 0.5) is 5.82 Å². The molecule has 0 saturated heterocycles. The second-order valence-corrected chi connectivity index (χ2v) is 3.61. The van der Waals surface area contributed by atoms with Crippen LogP contribution < -0.4 is 10.6 Å². The van der Waals surface area contributed by atoms with Gasteiger partial charge in [0.15, 0.2) is 0 Å². The number of anilines is 1. The van der Waals surface area contributed by atoms with Gasteiger partial charge in [0, 0.05) is 24.8 Å². The number of nitrogens with one attached hydrogen (secondary N) is 2. The summed E-state index contributed by atoms with van der Waals surface area (Å²) in [5.74, 6) is 1.02. The van der Waals surface area contributed by atoms with Crippen molar-refractivity contribution < 1.29 is 0 Å². The van der Waals surface area contributed by atoms with Gasteiger partial charge in [-0.15, -0.1) is 0 Å². The van der Waals surface area contributed by atoms with Crippen LogP contribution in [-0.4, -0.2) is 18.1 Å². The summed E-state index contributed by atoms with van der Waals surface area (Å²) in [6, 6.07) is 4.10. The Labute approximate surface area is 92.3 Å². The highest BCUT2D eigenvalue weighted by atomic mass is 15.0. The van der Waals surface area contributed by atoms with E-state index in [-0.39, 0.29) is 0 Å². The van der Waals surface area contributed by atoms with Crippen LogP contribution in [0.15, 0.2) is 18.3 Å². The van der Waals surface area contributed by atoms with E-state index in [1.165, 1.54) is 5.56 Å². The molecule has 1 rings (SSSR count). The van der Waals surface area contributed by atoms with Gasteiger partial charge in [-0.25, -0.2) is 4.98 Å². The minimum Gasteiger partial charge on any atom is -0.370 e. The van der Waals surface area contributed by atoms with E-state index < -0.39 is 0 Å². The molecule has 0 saturated carbocycles. The quantitative estimate of drug-likeness (QED) is 0.674. The molecule has 84 valence electrons. The Morgan fingerprint density at radius 3 is 2.73 bits per heavy atom. The average molecular weight is 207 g/mol. The zero-order valence-electron chi connectivity index (χ0n) is 9.71. The van der Waals surface area contributed by atoms with Crippen LogP contribution in [0.2, 0.25) is 0 Å². The first-order chi connectivity index (χ1) is 7.38. The first-order valence-corrected chi connectivity index (χ1v) is 5.77. The van der Waals surface area contributed by atoms with E-state index in [4.69, 9.17) is 0 Å². The van der Waals surface area contributed by atoms with Crippen molar-refractivity contribution in [1.29, 1.82) is 0 Å². The summed E-state index contributed by atoms with van der Waals surface area (Å²) in [7, 11) is 0. The molecular formula is C12H21N3. The van der Waals surface area contributed by atoms with Crippen LogP contribution in [-0.2, 0) is 6.54 Å². The maximum Gasteiger partial charge on any atom is 0.130 e. The van der Waals surface area contributed by atoms with Crippen LogP contribution in [0.25, 0.3) is 0 Å². The van der Waals surface area contributed by atoms with Crippen molar-refractivity contribution in [2.75, 3.05) is 18.4 Å². The van der Waals surface area contributed by atoms with Gasteiger partial charge in [-0.2, -0.15) is 0 Å². The molecular weight excluding hydrogens is 186 g/mol. The second kappa shape index (κ2) is 7.23. The summed E-state index contributed by atoms with van der Waals surface area (Å²) in [4.78, 5) is 4.34. The van der Waals surface area contributed by atoms with Gasteiger partial charge in [0.1, 0.15) is 5.82 Å². The zero-order chi connectivity index (χ0) is 10.9. The van der Waals surface area contributed by atoms with Gasteiger partial charge < -0.3 is 10.6 Å². The molecule has 3 heteroatoms. The number of hydrogen-bond acceptors (Lipinski definition) is 3. The van der Waals surface area contributed by atoms with E-state index in [0.29, 0.717) is 0 Å². The fourth-order valence-electron chi connectivity index (χ4n) is 1.38. The third-order valence-corrected chi connectivity index (χ3v) is 2.18. The fraction of sp³-hybridized carbons (Fsp3) is 0.583. The lowest BCUT2D eigenvalue weighted by molar-refractivity contribution is 0.674. The van der Waals surface area contributed by atoms with Crippen molar-refractivity contribution in [3.63, 3.8) is 0 Å². The number of pyridine rings is 1. The van der Waals surface area contributed by atoms with Gasteiger partial charge >= 0.3 is 0 Å². The lowest BCUT2D eigenvalue weighted by Gasteiger charge is -2.10. The van der Waals surface area contributed by atoms with Gasteiger partial charge in [0.25, 0.3) is 0 Å². The maximum absolute atomic E-state index is 4.34. The number of rotatable bonds is 7.